The van der Waals surface area contributed by atoms with E-state index in [2.05, 4.69) is 0 Å². The number of anilines is 1. The number of carbonyl (C=O) groups is 2. The Balaban J connectivity index is 1.85. The van der Waals surface area contributed by atoms with Gasteiger partial charge in [-0.1, -0.05) is 30.3 Å². The number of amides is 2. The van der Waals surface area contributed by atoms with E-state index in [0.717, 1.165) is 42.4 Å². The maximum atomic E-state index is 14.3. The van der Waals surface area contributed by atoms with Crippen molar-refractivity contribution in [2.24, 2.45) is 0 Å². The van der Waals surface area contributed by atoms with Crippen molar-refractivity contribution in [1.82, 2.24) is 4.90 Å². The van der Waals surface area contributed by atoms with Crippen LogP contribution in [-0.2, 0) is 9.59 Å². The minimum atomic E-state index is -0.814. The number of likely N-dealkylation sites (tertiary alicyclic amines) is 1. The molecule has 2 amide bonds. The van der Waals surface area contributed by atoms with E-state index in [1.165, 1.54) is 0 Å². The first-order valence-electron chi connectivity index (χ1n) is 8.96. The molecule has 0 aromatic heterocycles. The Morgan fingerprint density at radius 2 is 1.52 bits per heavy atom. The van der Waals surface area contributed by atoms with Gasteiger partial charge in [-0.3, -0.25) is 9.59 Å². The highest BCUT2D eigenvalue weighted by atomic mass is 19.1. The maximum absolute atomic E-state index is 14.3. The molecule has 6 heteroatoms. The Kier molecular flexibility index (Phi) is 4.48. The van der Waals surface area contributed by atoms with Gasteiger partial charge in [-0.2, -0.15) is 0 Å². The van der Waals surface area contributed by atoms with Gasteiger partial charge < -0.3 is 4.90 Å². The maximum Gasteiger partial charge on any atom is 0.282 e. The Hall–Kier alpha value is -3.02. The summed E-state index contributed by atoms with van der Waals surface area (Å²) in [5.41, 5.74) is 0.752. The number of hydrogen-bond acceptors (Lipinski definition) is 3. The average Bonchev–Trinajstić information content (AvgIpc) is 2.95. The molecule has 0 spiro atoms. The summed E-state index contributed by atoms with van der Waals surface area (Å²) in [5, 5.41) is 0. The second kappa shape index (κ2) is 6.95. The van der Waals surface area contributed by atoms with Gasteiger partial charge >= 0.3 is 0 Å². The Bertz CT molecular complexity index is 934. The van der Waals surface area contributed by atoms with Crippen LogP contribution in [0.1, 0.15) is 24.8 Å². The lowest BCUT2D eigenvalue weighted by atomic mass is 10.0. The number of rotatable bonds is 3. The molecule has 4 rings (SSSR count). The molecule has 138 valence electrons. The zero-order chi connectivity index (χ0) is 19.0. The molecular formula is C21H18F2N2O2. The highest BCUT2D eigenvalue weighted by Gasteiger charge is 2.43. The van der Waals surface area contributed by atoms with E-state index in [4.69, 9.17) is 0 Å². The lowest BCUT2D eigenvalue weighted by molar-refractivity contribution is -0.120. The van der Waals surface area contributed by atoms with E-state index < -0.39 is 23.4 Å². The van der Waals surface area contributed by atoms with Crippen molar-refractivity contribution in [3.05, 3.63) is 71.4 Å². The molecule has 1 saturated heterocycles. The zero-order valence-corrected chi connectivity index (χ0v) is 14.6. The van der Waals surface area contributed by atoms with Crippen LogP contribution in [0.2, 0.25) is 0 Å². The minimum Gasteiger partial charge on any atom is -0.366 e. The molecule has 0 bridgehead atoms. The van der Waals surface area contributed by atoms with Gasteiger partial charge in [-0.15, -0.1) is 0 Å². The molecule has 2 aliphatic rings. The summed E-state index contributed by atoms with van der Waals surface area (Å²) < 4.78 is 28.0. The summed E-state index contributed by atoms with van der Waals surface area (Å²) in [4.78, 5) is 29.0. The molecule has 4 nitrogen and oxygen atoms in total. The number of nitrogens with zero attached hydrogens (tertiary/aromatic N) is 2. The number of halogens is 2. The van der Waals surface area contributed by atoms with Crippen LogP contribution in [-0.4, -0.2) is 29.8 Å². The van der Waals surface area contributed by atoms with E-state index >= 15 is 0 Å². The molecule has 0 saturated carbocycles. The van der Waals surface area contributed by atoms with Crippen LogP contribution < -0.4 is 4.90 Å². The number of hydrogen-bond donors (Lipinski definition) is 0. The fourth-order valence-electron chi connectivity index (χ4n) is 3.67. The van der Waals surface area contributed by atoms with Gasteiger partial charge in [0.2, 0.25) is 0 Å². The predicted molar refractivity (Wildman–Crippen MR) is 97.6 cm³/mol. The number of imide groups is 1. The normalized spacial score (nSPS) is 17.9. The molecule has 2 heterocycles. The predicted octanol–water partition coefficient (Wildman–Crippen LogP) is 3.74. The van der Waals surface area contributed by atoms with E-state index in [1.807, 2.05) is 11.0 Å². The third-order valence-corrected chi connectivity index (χ3v) is 4.94. The smallest absolute Gasteiger partial charge is 0.282 e. The van der Waals surface area contributed by atoms with Gasteiger partial charge in [-0.05, 0) is 37.0 Å². The van der Waals surface area contributed by atoms with Crippen molar-refractivity contribution in [1.29, 1.82) is 0 Å². The second-order valence-corrected chi connectivity index (χ2v) is 6.68. The summed E-state index contributed by atoms with van der Waals surface area (Å²) in [6.45, 7) is 1.31. The first-order valence-corrected chi connectivity index (χ1v) is 8.96. The third kappa shape index (κ3) is 3.01. The van der Waals surface area contributed by atoms with Crippen LogP contribution in [0.5, 0.6) is 0 Å². The largest absolute Gasteiger partial charge is 0.366 e. The van der Waals surface area contributed by atoms with Gasteiger partial charge in [0.15, 0.2) is 0 Å². The molecular weight excluding hydrogens is 350 g/mol. The Morgan fingerprint density at radius 3 is 2.22 bits per heavy atom. The number of benzene rings is 2. The molecule has 2 aromatic rings. The van der Waals surface area contributed by atoms with Crippen molar-refractivity contribution in [3.63, 3.8) is 0 Å². The number of carbonyl (C=O) groups excluding carboxylic acids is 2. The molecule has 27 heavy (non-hydrogen) atoms. The molecule has 2 aromatic carbocycles. The summed E-state index contributed by atoms with van der Waals surface area (Å²) in [7, 11) is 0. The van der Waals surface area contributed by atoms with E-state index in [-0.39, 0.29) is 17.0 Å². The molecule has 1 fully saturated rings. The minimum absolute atomic E-state index is 0.242. The summed E-state index contributed by atoms with van der Waals surface area (Å²) in [6.07, 6.45) is 2.90. The molecule has 0 unspecified atom stereocenters. The van der Waals surface area contributed by atoms with Crippen molar-refractivity contribution in [2.75, 3.05) is 18.0 Å². The van der Waals surface area contributed by atoms with Crippen LogP contribution in [0.25, 0.3) is 5.57 Å². The summed E-state index contributed by atoms with van der Waals surface area (Å²) in [5.74, 6) is -2.76. The van der Waals surface area contributed by atoms with Crippen LogP contribution in [0.3, 0.4) is 0 Å². The summed E-state index contributed by atoms with van der Waals surface area (Å²) in [6, 6.07) is 11.6. The fourth-order valence-corrected chi connectivity index (χ4v) is 3.67. The van der Waals surface area contributed by atoms with Crippen molar-refractivity contribution >= 4 is 23.1 Å². The SMILES string of the molecule is O=C1C(c2ccccc2)=C(N2CCCCC2)C(=O)N1c1cc(F)ccc1F. The van der Waals surface area contributed by atoms with Crippen LogP contribution in [0.15, 0.2) is 54.2 Å². The highest BCUT2D eigenvalue weighted by molar-refractivity contribution is 6.45. The molecule has 0 radical (unpaired) electrons. The second-order valence-electron chi connectivity index (χ2n) is 6.68. The monoisotopic (exact) mass is 368 g/mol. The van der Waals surface area contributed by atoms with Gasteiger partial charge in [0, 0.05) is 19.2 Å². The Morgan fingerprint density at radius 1 is 0.815 bits per heavy atom. The molecule has 2 aliphatic heterocycles. The van der Waals surface area contributed by atoms with Crippen molar-refractivity contribution < 1.29 is 18.4 Å². The van der Waals surface area contributed by atoms with Gasteiger partial charge in [0.1, 0.15) is 17.3 Å². The third-order valence-electron chi connectivity index (χ3n) is 4.94. The average molecular weight is 368 g/mol. The molecule has 0 atom stereocenters. The standard InChI is InChI=1S/C21H18F2N2O2/c22-15-9-10-16(23)17(13-15)25-20(26)18(14-7-3-1-4-8-14)19(21(25)27)24-11-5-2-6-12-24/h1,3-4,7-10,13H,2,5-6,11-12H2. The quantitative estimate of drug-likeness (QED) is 0.775. The van der Waals surface area contributed by atoms with Crippen LogP contribution in [0.4, 0.5) is 14.5 Å². The number of piperidine rings is 1. The first kappa shape index (κ1) is 17.4. The van der Waals surface area contributed by atoms with Gasteiger partial charge in [-0.25, -0.2) is 13.7 Å². The van der Waals surface area contributed by atoms with E-state index in [1.54, 1.807) is 24.3 Å². The Labute approximate surface area is 155 Å². The van der Waals surface area contributed by atoms with Crippen molar-refractivity contribution in [2.45, 2.75) is 19.3 Å². The fraction of sp³-hybridized carbons (Fsp3) is 0.238. The van der Waals surface area contributed by atoms with Crippen LogP contribution in [0, 0.1) is 11.6 Å². The van der Waals surface area contributed by atoms with Gasteiger partial charge in [0.05, 0.1) is 11.3 Å². The van der Waals surface area contributed by atoms with E-state index in [0.29, 0.717) is 18.7 Å². The highest BCUT2D eigenvalue weighted by Crippen LogP contribution is 2.36. The molecule has 0 aliphatic carbocycles. The summed E-state index contributed by atoms with van der Waals surface area (Å²) >= 11 is 0. The van der Waals surface area contributed by atoms with Gasteiger partial charge in [0.25, 0.3) is 11.8 Å². The first-order chi connectivity index (χ1) is 13.1. The topological polar surface area (TPSA) is 40.6 Å². The van der Waals surface area contributed by atoms with E-state index in [9.17, 15) is 18.4 Å². The lowest BCUT2D eigenvalue weighted by Crippen LogP contribution is -2.37. The lowest BCUT2D eigenvalue weighted by Gasteiger charge is -2.29. The zero-order valence-electron chi connectivity index (χ0n) is 14.6. The van der Waals surface area contributed by atoms with Crippen LogP contribution >= 0.6 is 0 Å². The van der Waals surface area contributed by atoms with Crippen molar-refractivity contribution in [3.8, 4) is 0 Å². The molecule has 0 N–H and O–H groups in total.